The van der Waals surface area contributed by atoms with E-state index >= 15 is 0 Å². The van der Waals surface area contributed by atoms with Gasteiger partial charge in [-0.2, -0.15) is 0 Å². The van der Waals surface area contributed by atoms with E-state index in [1.54, 1.807) is 6.33 Å². The number of carbonyl (C=O) groups is 1. The lowest BCUT2D eigenvalue weighted by Gasteiger charge is -2.56. The van der Waals surface area contributed by atoms with Crippen molar-refractivity contribution in [2.45, 2.75) is 71.4 Å². The van der Waals surface area contributed by atoms with Gasteiger partial charge in [0.2, 0.25) is 5.91 Å². The number of amides is 1. The minimum absolute atomic E-state index is 0.166. The zero-order chi connectivity index (χ0) is 21.0. The lowest BCUT2D eigenvalue weighted by Crippen LogP contribution is -2.47. The summed E-state index contributed by atoms with van der Waals surface area (Å²) >= 11 is 1.87. The van der Waals surface area contributed by atoms with E-state index in [0.29, 0.717) is 6.42 Å². The van der Waals surface area contributed by atoms with Crippen molar-refractivity contribution in [3.63, 3.8) is 0 Å². The van der Waals surface area contributed by atoms with E-state index in [4.69, 9.17) is 0 Å². The Balaban J connectivity index is 1.13. The minimum atomic E-state index is 0.166. The average molecular weight is 437 g/mol. The lowest BCUT2D eigenvalue weighted by molar-refractivity contribution is -0.124. The molecule has 2 aromatic rings. The van der Waals surface area contributed by atoms with Crippen LogP contribution < -0.4 is 5.32 Å². The molecular weight excluding hydrogens is 404 g/mol. The molecule has 5 aliphatic rings. The monoisotopic (exact) mass is 436 g/mol. The van der Waals surface area contributed by atoms with Gasteiger partial charge in [0, 0.05) is 41.4 Å². The number of thiophene rings is 1. The molecule has 5 nitrogen and oxygen atoms in total. The van der Waals surface area contributed by atoms with Gasteiger partial charge in [0.15, 0.2) is 0 Å². The number of aromatic nitrogens is 2. The van der Waals surface area contributed by atoms with Crippen molar-refractivity contribution in [2.24, 2.45) is 23.2 Å². The number of nitrogens with zero attached hydrogens (tertiary/aromatic N) is 3. The third-order valence-electron chi connectivity index (χ3n) is 8.22. The molecule has 4 aliphatic carbocycles. The molecule has 0 saturated heterocycles. The molecular formula is C25H32N4OS. The van der Waals surface area contributed by atoms with Crippen LogP contribution in [0.3, 0.4) is 0 Å². The minimum Gasteiger partial charge on any atom is -0.310 e. The highest BCUT2D eigenvalue weighted by atomic mass is 32.1. The van der Waals surface area contributed by atoms with Gasteiger partial charge in [-0.15, -0.1) is 11.3 Å². The van der Waals surface area contributed by atoms with Crippen LogP contribution in [-0.2, 0) is 24.3 Å². The molecule has 1 amide bonds. The maximum absolute atomic E-state index is 13.1. The fraction of sp³-hybridized carbons (Fsp3) is 0.640. The summed E-state index contributed by atoms with van der Waals surface area (Å²) < 4.78 is 0. The van der Waals surface area contributed by atoms with Gasteiger partial charge in [0.05, 0.1) is 5.69 Å². The number of carbonyl (C=O) groups excluding carboxylic acids is 1. The molecule has 4 fully saturated rings. The summed E-state index contributed by atoms with van der Waals surface area (Å²) in [5, 5.41) is 3.21. The van der Waals surface area contributed by atoms with Crippen LogP contribution in [0, 0.1) is 30.1 Å². The zero-order valence-corrected chi connectivity index (χ0v) is 19.2. The van der Waals surface area contributed by atoms with Crippen molar-refractivity contribution < 1.29 is 4.79 Å². The highest BCUT2D eigenvalue weighted by molar-refractivity contribution is 7.11. The maximum Gasteiger partial charge on any atom is 0.226 e. The van der Waals surface area contributed by atoms with Crippen molar-refractivity contribution >= 4 is 23.1 Å². The Morgan fingerprint density at radius 3 is 2.58 bits per heavy atom. The molecule has 6 heteroatoms. The van der Waals surface area contributed by atoms with E-state index in [1.165, 1.54) is 48.3 Å². The average Bonchev–Trinajstić information content (AvgIpc) is 3.11. The number of nitrogens with one attached hydrogen (secondary N) is 1. The van der Waals surface area contributed by atoms with Crippen LogP contribution in [0.15, 0.2) is 18.5 Å². The van der Waals surface area contributed by atoms with Gasteiger partial charge >= 0.3 is 0 Å². The van der Waals surface area contributed by atoms with Crippen molar-refractivity contribution in [3.8, 4) is 0 Å². The van der Waals surface area contributed by atoms with Crippen LogP contribution >= 0.6 is 11.3 Å². The largest absolute Gasteiger partial charge is 0.310 e. The van der Waals surface area contributed by atoms with Crippen molar-refractivity contribution in [2.75, 3.05) is 11.9 Å². The Hall–Kier alpha value is -1.79. The van der Waals surface area contributed by atoms with E-state index in [0.717, 1.165) is 60.9 Å². The van der Waals surface area contributed by atoms with E-state index in [1.807, 2.05) is 11.3 Å². The first kappa shape index (κ1) is 19.9. The Morgan fingerprint density at radius 2 is 1.90 bits per heavy atom. The molecule has 4 saturated carbocycles. The fourth-order valence-electron chi connectivity index (χ4n) is 7.47. The molecule has 0 spiro atoms. The molecule has 0 unspecified atom stereocenters. The summed E-state index contributed by atoms with van der Waals surface area (Å²) in [4.78, 5) is 27.4. The van der Waals surface area contributed by atoms with E-state index in [2.05, 4.69) is 39.2 Å². The molecule has 1 N–H and O–H groups in total. The number of aryl methyl sites for hydroxylation is 1. The van der Waals surface area contributed by atoms with Crippen LogP contribution in [0.2, 0.25) is 0 Å². The third-order valence-corrected chi connectivity index (χ3v) is 9.21. The van der Waals surface area contributed by atoms with Gasteiger partial charge in [-0.3, -0.25) is 9.69 Å². The normalized spacial score (nSPS) is 31.6. The van der Waals surface area contributed by atoms with Crippen LogP contribution in [0.1, 0.15) is 66.0 Å². The number of hydrogen-bond acceptors (Lipinski definition) is 5. The number of fused-ring (bicyclic) bond motifs is 1. The molecule has 2 aromatic heterocycles. The molecule has 0 radical (unpaired) electrons. The summed E-state index contributed by atoms with van der Waals surface area (Å²) in [5.74, 6) is 3.56. The van der Waals surface area contributed by atoms with Crippen LogP contribution in [-0.4, -0.2) is 27.3 Å². The molecule has 0 atom stereocenters. The Bertz CT molecular complexity index is 964. The SMILES string of the molecule is Cc1ccc(CN2CCc3c(ncnc3NC(=O)CC34CC5CC(CC(C5)C3)C4)C2)s1. The summed E-state index contributed by atoms with van der Waals surface area (Å²) in [6, 6.07) is 4.42. The Labute approximate surface area is 188 Å². The first-order chi connectivity index (χ1) is 15.0. The zero-order valence-electron chi connectivity index (χ0n) is 18.4. The maximum atomic E-state index is 13.1. The topological polar surface area (TPSA) is 58.1 Å². The van der Waals surface area contributed by atoms with Crippen molar-refractivity contribution in [3.05, 3.63) is 39.5 Å². The molecule has 4 bridgehead atoms. The smallest absolute Gasteiger partial charge is 0.226 e. The first-order valence-corrected chi connectivity index (χ1v) is 12.8. The fourth-order valence-corrected chi connectivity index (χ4v) is 8.40. The van der Waals surface area contributed by atoms with E-state index in [-0.39, 0.29) is 11.3 Å². The number of hydrogen-bond donors (Lipinski definition) is 1. The Kier molecular flexibility index (Phi) is 4.91. The third kappa shape index (κ3) is 3.93. The predicted molar refractivity (Wildman–Crippen MR) is 123 cm³/mol. The summed E-state index contributed by atoms with van der Waals surface area (Å²) in [6.07, 6.45) is 11.3. The molecule has 0 aromatic carbocycles. The second-order valence-corrected chi connectivity index (χ2v) is 12.1. The van der Waals surface area contributed by atoms with Gasteiger partial charge in [-0.1, -0.05) is 0 Å². The van der Waals surface area contributed by atoms with Crippen LogP contribution in [0.25, 0.3) is 0 Å². The van der Waals surface area contributed by atoms with E-state index in [9.17, 15) is 4.79 Å². The van der Waals surface area contributed by atoms with Gasteiger partial charge in [-0.05, 0) is 87.2 Å². The van der Waals surface area contributed by atoms with Crippen LogP contribution in [0.5, 0.6) is 0 Å². The first-order valence-electron chi connectivity index (χ1n) is 11.9. The van der Waals surface area contributed by atoms with Gasteiger partial charge < -0.3 is 5.32 Å². The number of anilines is 1. The highest BCUT2D eigenvalue weighted by Gasteiger charge is 2.51. The Morgan fingerprint density at radius 1 is 1.16 bits per heavy atom. The van der Waals surface area contributed by atoms with Gasteiger partial charge in [0.25, 0.3) is 0 Å². The van der Waals surface area contributed by atoms with Gasteiger partial charge in [0.1, 0.15) is 12.1 Å². The second-order valence-electron chi connectivity index (χ2n) is 10.8. The van der Waals surface area contributed by atoms with E-state index < -0.39 is 0 Å². The summed E-state index contributed by atoms with van der Waals surface area (Å²) in [5.41, 5.74) is 2.47. The summed E-state index contributed by atoms with van der Waals surface area (Å²) in [6.45, 7) is 4.93. The number of rotatable bonds is 5. The standard InChI is InChI=1S/C25H32N4OS/c1-16-2-3-20(31-16)13-29-5-4-21-22(14-29)26-15-27-24(21)28-23(30)12-25-9-17-6-18(10-25)8-19(7-17)11-25/h2-3,15,17-19H,4-14H2,1H3,(H,26,27,28,30). The molecule has 7 rings (SSSR count). The molecule has 164 valence electrons. The highest BCUT2D eigenvalue weighted by Crippen LogP contribution is 2.61. The second kappa shape index (κ2) is 7.66. The lowest BCUT2D eigenvalue weighted by atomic mass is 9.49. The molecule has 31 heavy (non-hydrogen) atoms. The predicted octanol–water partition coefficient (Wildman–Crippen LogP) is 4.95. The van der Waals surface area contributed by atoms with Crippen molar-refractivity contribution in [1.29, 1.82) is 0 Å². The molecule has 3 heterocycles. The van der Waals surface area contributed by atoms with Gasteiger partial charge in [-0.25, -0.2) is 9.97 Å². The van der Waals surface area contributed by atoms with Crippen molar-refractivity contribution in [1.82, 2.24) is 14.9 Å². The summed E-state index contributed by atoms with van der Waals surface area (Å²) in [7, 11) is 0. The van der Waals surface area contributed by atoms with Crippen LogP contribution in [0.4, 0.5) is 5.82 Å². The quantitative estimate of drug-likeness (QED) is 0.720. The molecule has 1 aliphatic heterocycles.